The van der Waals surface area contributed by atoms with Gasteiger partial charge in [-0.1, -0.05) is 60.7 Å². The summed E-state index contributed by atoms with van der Waals surface area (Å²) < 4.78 is 16.7. The van der Waals surface area contributed by atoms with Gasteiger partial charge in [-0.05, 0) is 34.4 Å². The zero-order chi connectivity index (χ0) is 21.3. The van der Waals surface area contributed by atoms with Crippen molar-refractivity contribution in [2.75, 3.05) is 13.8 Å². The second-order valence-electron chi connectivity index (χ2n) is 7.21. The number of halogens is 1. The predicted octanol–water partition coefficient (Wildman–Crippen LogP) is 4.62. The Labute approximate surface area is 206 Å². The number of guanidine groups is 1. The molecule has 0 unspecified atom stereocenters. The third-order valence-electron chi connectivity index (χ3n) is 5.05. The van der Waals surface area contributed by atoms with E-state index in [2.05, 4.69) is 39.9 Å². The van der Waals surface area contributed by atoms with Gasteiger partial charge in [0.05, 0.1) is 13.2 Å². The van der Waals surface area contributed by atoms with Crippen LogP contribution in [0.3, 0.4) is 0 Å². The quantitative estimate of drug-likeness (QED) is 0.246. The lowest BCUT2D eigenvalue weighted by molar-refractivity contribution is 0.106. The number of nitrogens with one attached hydrogen (secondary N) is 2. The second kappa shape index (κ2) is 12.3. The molecule has 168 valence electrons. The minimum atomic E-state index is 0. The molecule has 1 heterocycles. The van der Waals surface area contributed by atoms with Gasteiger partial charge in [0, 0.05) is 20.1 Å². The number of fused-ring (bicyclic) bond motifs is 1. The maximum absolute atomic E-state index is 5.93. The molecule has 0 spiro atoms. The van der Waals surface area contributed by atoms with Crippen LogP contribution < -0.4 is 20.1 Å². The van der Waals surface area contributed by atoms with Crippen molar-refractivity contribution in [1.82, 2.24) is 10.6 Å². The highest BCUT2D eigenvalue weighted by Gasteiger charge is 2.13. The number of hydrogen-bond donors (Lipinski definition) is 2. The van der Waals surface area contributed by atoms with E-state index in [1.807, 2.05) is 48.5 Å². The van der Waals surface area contributed by atoms with Crippen molar-refractivity contribution < 1.29 is 14.2 Å². The van der Waals surface area contributed by atoms with Crippen LogP contribution in [0.15, 0.2) is 77.8 Å². The lowest BCUT2D eigenvalue weighted by Crippen LogP contribution is -2.36. The van der Waals surface area contributed by atoms with Crippen molar-refractivity contribution in [3.05, 3.63) is 95.1 Å². The number of hydrogen-bond acceptors (Lipinski definition) is 4. The van der Waals surface area contributed by atoms with Gasteiger partial charge in [0.25, 0.3) is 0 Å². The van der Waals surface area contributed by atoms with Gasteiger partial charge in [-0.15, -0.1) is 24.0 Å². The molecule has 2 N–H and O–H groups in total. The smallest absolute Gasteiger partial charge is 0.231 e. The van der Waals surface area contributed by atoms with E-state index in [1.54, 1.807) is 7.05 Å². The highest BCUT2D eigenvalue weighted by atomic mass is 127. The van der Waals surface area contributed by atoms with E-state index in [0.717, 1.165) is 28.6 Å². The molecule has 0 amide bonds. The fraction of sp³-hybridized carbons (Fsp3) is 0.240. The Hall–Kier alpha value is -2.78. The van der Waals surface area contributed by atoms with Crippen LogP contribution in [0, 0.1) is 0 Å². The normalized spacial score (nSPS) is 12.2. The highest BCUT2D eigenvalue weighted by Crippen LogP contribution is 2.32. The maximum Gasteiger partial charge on any atom is 0.231 e. The number of benzene rings is 3. The number of aliphatic imine (C=N–C) groups is 1. The van der Waals surface area contributed by atoms with Crippen molar-refractivity contribution in [1.29, 1.82) is 0 Å². The van der Waals surface area contributed by atoms with Gasteiger partial charge in [0.2, 0.25) is 6.79 Å². The molecule has 7 heteroatoms. The zero-order valence-corrected chi connectivity index (χ0v) is 20.4. The Morgan fingerprint density at radius 1 is 0.812 bits per heavy atom. The van der Waals surface area contributed by atoms with Gasteiger partial charge in [-0.3, -0.25) is 4.99 Å². The van der Waals surface area contributed by atoms with E-state index in [9.17, 15) is 0 Å². The molecular weight excluding hydrogens is 517 g/mol. The molecule has 0 atom stereocenters. The predicted molar refractivity (Wildman–Crippen MR) is 136 cm³/mol. The number of ether oxygens (including phenoxy) is 3. The van der Waals surface area contributed by atoms with Crippen LogP contribution in [0.25, 0.3) is 0 Å². The van der Waals surface area contributed by atoms with Crippen molar-refractivity contribution in [2.24, 2.45) is 4.99 Å². The van der Waals surface area contributed by atoms with Gasteiger partial charge >= 0.3 is 0 Å². The first kappa shape index (κ1) is 23.9. The molecular formula is C25H28IN3O3. The summed E-state index contributed by atoms with van der Waals surface area (Å²) in [5, 5.41) is 6.73. The molecule has 0 fully saturated rings. The Balaban J connectivity index is 0.00000289. The third kappa shape index (κ3) is 6.61. The summed E-state index contributed by atoms with van der Waals surface area (Å²) in [6.07, 6.45) is 0. The van der Waals surface area contributed by atoms with Gasteiger partial charge < -0.3 is 24.8 Å². The lowest BCUT2D eigenvalue weighted by atomic mass is 10.1. The molecule has 3 aromatic carbocycles. The van der Waals surface area contributed by atoms with Crippen molar-refractivity contribution in [3.63, 3.8) is 0 Å². The fourth-order valence-corrected chi connectivity index (χ4v) is 3.36. The Morgan fingerprint density at radius 3 is 2.34 bits per heavy atom. The topological polar surface area (TPSA) is 64.1 Å². The van der Waals surface area contributed by atoms with Gasteiger partial charge in [-0.2, -0.15) is 0 Å². The second-order valence-corrected chi connectivity index (χ2v) is 7.21. The van der Waals surface area contributed by atoms with E-state index in [4.69, 9.17) is 14.2 Å². The summed E-state index contributed by atoms with van der Waals surface area (Å²) in [7, 11) is 1.77. The Kier molecular flexibility index (Phi) is 9.18. The first-order chi connectivity index (χ1) is 15.3. The van der Waals surface area contributed by atoms with Crippen LogP contribution in [-0.2, 0) is 31.0 Å². The summed E-state index contributed by atoms with van der Waals surface area (Å²) in [6, 6.07) is 24.4. The van der Waals surface area contributed by atoms with Crippen LogP contribution in [0.4, 0.5) is 0 Å². The molecule has 0 saturated heterocycles. The van der Waals surface area contributed by atoms with Gasteiger partial charge in [0.15, 0.2) is 17.5 Å². The molecule has 0 aliphatic carbocycles. The summed E-state index contributed by atoms with van der Waals surface area (Å²) >= 11 is 0. The van der Waals surface area contributed by atoms with Crippen LogP contribution in [0.2, 0.25) is 0 Å². The minimum Gasteiger partial charge on any atom is -0.454 e. The highest BCUT2D eigenvalue weighted by molar-refractivity contribution is 14.0. The van der Waals surface area contributed by atoms with E-state index >= 15 is 0 Å². The van der Waals surface area contributed by atoms with Gasteiger partial charge in [0.1, 0.15) is 0 Å². The third-order valence-corrected chi connectivity index (χ3v) is 5.05. The zero-order valence-electron chi connectivity index (χ0n) is 18.0. The van der Waals surface area contributed by atoms with E-state index < -0.39 is 0 Å². The molecule has 1 aliphatic heterocycles. The standard InChI is InChI=1S/C25H27N3O3.HI/c1-26-25(27-14-20-11-12-23-24(13-20)31-18-30-23)28-15-21-9-5-6-10-22(21)17-29-16-19-7-3-2-4-8-19;/h2-13H,14-18H2,1H3,(H2,26,27,28);1H. The van der Waals surface area contributed by atoms with Crippen molar-refractivity contribution in [2.45, 2.75) is 26.3 Å². The van der Waals surface area contributed by atoms with Crippen LogP contribution in [-0.4, -0.2) is 19.8 Å². The fourth-order valence-electron chi connectivity index (χ4n) is 3.36. The Morgan fingerprint density at radius 2 is 1.53 bits per heavy atom. The summed E-state index contributed by atoms with van der Waals surface area (Å²) in [5.41, 5.74) is 4.62. The Bertz CT molecular complexity index is 1030. The van der Waals surface area contributed by atoms with Crippen molar-refractivity contribution >= 4 is 29.9 Å². The SMILES string of the molecule is CN=C(NCc1ccc2c(c1)OCO2)NCc1ccccc1COCc1ccccc1.I. The van der Waals surface area contributed by atoms with E-state index in [-0.39, 0.29) is 30.8 Å². The largest absolute Gasteiger partial charge is 0.454 e. The van der Waals surface area contributed by atoms with Crippen LogP contribution >= 0.6 is 24.0 Å². The van der Waals surface area contributed by atoms with Crippen LogP contribution in [0.1, 0.15) is 22.3 Å². The van der Waals surface area contributed by atoms with Crippen molar-refractivity contribution in [3.8, 4) is 11.5 Å². The molecule has 6 nitrogen and oxygen atoms in total. The molecule has 0 saturated carbocycles. The molecule has 4 rings (SSSR count). The average Bonchev–Trinajstić information content (AvgIpc) is 3.29. The van der Waals surface area contributed by atoms with Gasteiger partial charge in [-0.25, -0.2) is 0 Å². The molecule has 32 heavy (non-hydrogen) atoms. The van der Waals surface area contributed by atoms with Crippen LogP contribution in [0.5, 0.6) is 11.5 Å². The summed E-state index contributed by atoms with van der Waals surface area (Å²) in [4.78, 5) is 4.33. The molecule has 3 aromatic rings. The van der Waals surface area contributed by atoms with E-state index in [1.165, 1.54) is 11.1 Å². The van der Waals surface area contributed by atoms with E-state index in [0.29, 0.717) is 26.3 Å². The number of rotatable bonds is 8. The lowest BCUT2D eigenvalue weighted by Gasteiger charge is -2.15. The monoisotopic (exact) mass is 545 g/mol. The summed E-state index contributed by atoms with van der Waals surface area (Å²) in [5.74, 6) is 2.31. The first-order valence-corrected chi connectivity index (χ1v) is 10.3. The molecule has 0 aromatic heterocycles. The number of nitrogens with zero attached hydrogens (tertiary/aromatic N) is 1. The molecule has 1 aliphatic rings. The first-order valence-electron chi connectivity index (χ1n) is 10.3. The summed E-state index contributed by atoms with van der Waals surface area (Å²) in [6.45, 7) is 2.74. The molecule has 0 bridgehead atoms. The average molecular weight is 545 g/mol. The minimum absolute atomic E-state index is 0. The molecule has 0 radical (unpaired) electrons. The maximum atomic E-state index is 5.93.